The van der Waals surface area contributed by atoms with Gasteiger partial charge in [0.15, 0.2) is 33.6 Å². The summed E-state index contributed by atoms with van der Waals surface area (Å²) in [4.78, 5) is 27.1. The molecule has 0 bridgehead atoms. The number of nitrogen functional groups attached to an aromatic ring is 1. The molecule has 1 amide bonds. The van der Waals surface area contributed by atoms with Crippen molar-refractivity contribution in [1.82, 2.24) is 24.4 Å². The van der Waals surface area contributed by atoms with Crippen LogP contribution in [0.4, 0.5) is 5.82 Å². The molecule has 1 fully saturated rings. The summed E-state index contributed by atoms with van der Waals surface area (Å²) in [6, 6.07) is 4.56. The number of carbonyl (C=O) groups excluding carboxylic acids is 1. The van der Waals surface area contributed by atoms with Crippen LogP contribution in [0.1, 0.15) is 31.7 Å². The minimum absolute atomic E-state index is 0.202. The van der Waals surface area contributed by atoms with E-state index in [9.17, 15) is 25.4 Å². The molecule has 0 saturated carbocycles. The molecule has 1 aromatic carbocycles. The van der Waals surface area contributed by atoms with Crippen molar-refractivity contribution in [2.75, 3.05) is 18.8 Å². The van der Waals surface area contributed by atoms with Crippen molar-refractivity contribution in [2.24, 2.45) is 5.92 Å². The molecule has 1 saturated heterocycles. The number of aromatic hydroxyl groups is 2. The molecule has 2 aromatic heterocycles. The molecule has 12 heteroatoms. The maximum Gasteiger partial charge on any atom is 0.251 e. The van der Waals surface area contributed by atoms with E-state index in [2.05, 4.69) is 15.0 Å². The average Bonchev–Trinajstić information content (AvgIpc) is 3.18. The number of imidazole rings is 1. The molecular weight excluding hydrogens is 458 g/mol. The lowest BCUT2D eigenvalue weighted by atomic mass is 9.93. The maximum absolute atomic E-state index is 12.0. The molecule has 11 nitrogen and oxygen atoms in total. The van der Waals surface area contributed by atoms with Gasteiger partial charge in [-0.25, -0.2) is 15.0 Å². The van der Waals surface area contributed by atoms with Crippen molar-refractivity contribution < 1.29 is 20.1 Å². The van der Waals surface area contributed by atoms with Crippen molar-refractivity contribution in [3.8, 4) is 17.6 Å². The van der Waals surface area contributed by atoms with Gasteiger partial charge < -0.3 is 30.5 Å². The van der Waals surface area contributed by atoms with Crippen molar-refractivity contribution in [3.05, 3.63) is 24.0 Å². The van der Waals surface area contributed by atoms with E-state index in [0.29, 0.717) is 46.8 Å². The number of piperidine rings is 1. The number of fused-ring (bicyclic) bond motifs is 1. The summed E-state index contributed by atoms with van der Waals surface area (Å²) in [7, 11) is 0. The minimum atomic E-state index is -0.990. The molecular formula is C22H25N7O4S. The normalized spacial score (nSPS) is 15.4. The van der Waals surface area contributed by atoms with Crippen molar-refractivity contribution >= 4 is 34.7 Å². The van der Waals surface area contributed by atoms with Gasteiger partial charge >= 0.3 is 0 Å². The number of nitrogens with zero attached hydrogens (tertiary/aromatic N) is 6. The van der Waals surface area contributed by atoms with Crippen LogP contribution in [-0.2, 0) is 11.3 Å². The molecule has 3 heterocycles. The van der Waals surface area contributed by atoms with Crippen LogP contribution in [0.25, 0.3) is 11.2 Å². The van der Waals surface area contributed by atoms with E-state index in [4.69, 9.17) is 5.73 Å². The lowest BCUT2D eigenvalue weighted by Crippen LogP contribution is -2.43. The predicted molar refractivity (Wildman–Crippen MR) is 124 cm³/mol. The number of hydrogen-bond donors (Lipinski definition) is 4. The van der Waals surface area contributed by atoms with Crippen molar-refractivity contribution in [2.45, 2.75) is 48.9 Å². The molecule has 0 aliphatic carbocycles. The van der Waals surface area contributed by atoms with Crippen molar-refractivity contribution in [1.29, 1.82) is 5.26 Å². The zero-order valence-electron chi connectivity index (χ0n) is 18.5. The largest absolute Gasteiger partial charge is 0.504 e. The number of aryl methyl sites for hydroxylation is 1. The zero-order valence-corrected chi connectivity index (χ0v) is 19.4. The second kappa shape index (κ2) is 9.74. The first kappa shape index (κ1) is 23.6. The van der Waals surface area contributed by atoms with Crippen LogP contribution in [0.15, 0.2) is 28.5 Å². The van der Waals surface area contributed by atoms with Gasteiger partial charge in [-0.1, -0.05) is 11.8 Å². The van der Waals surface area contributed by atoms with Crippen molar-refractivity contribution in [3.63, 3.8) is 0 Å². The van der Waals surface area contributed by atoms with Crippen LogP contribution >= 0.6 is 11.8 Å². The van der Waals surface area contributed by atoms with Gasteiger partial charge in [-0.2, -0.15) is 5.26 Å². The van der Waals surface area contributed by atoms with Crippen LogP contribution in [0.2, 0.25) is 0 Å². The number of amides is 1. The van der Waals surface area contributed by atoms with Gasteiger partial charge in [0.25, 0.3) is 5.91 Å². The van der Waals surface area contributed by atoms with E-state index in [1.54, 1.807) is 4.90 Å². The van der Waals surface area contributed by atoms with E-state index in [-0.39, 0.29) is 28.8 Å². The Kier molecular flexibility index (Phi) is 6.76. The van der Waals surface area contributed by atoms with Crippen LogP contribution in [-0.4, -0.2) is 64.8 Å². The third kappa shape index (κ3) is 4.71. The standard InChI is InChI=1S/C22H25N7O4S/c1-12(30)21(33)28-5-2-13(3-6-28)4-7-29-20-18(19(24)25-11-26-20)27-22(29)34-17-9-16(32)15(31)8-14(17)10-23/h8-9,11-13,30-32H,2-7H2,1H3,(H2,24,25,26)/t12-/m0/s1. The van der Waals surface area contributed by atoms with Gasteiger partial charge in [-0.05, 0) is 38.2 Å². The van der Waals surface area contributed by atoms with Gasteiger partial charge in [0.1, 0.15) is 18.5 Å². The zero-order chi connectivity index (χ0) is 24.4. The smallest absolute Gasteiger partial charge is 0.251 e. The number of hydrogen-bond acceptors (Lipinski definition) is 10. The Labute approximate surface area is 199 Å². The van der Waals surface area contributed by atoms with Gasteiger partial charge in [0, 0.05) is 30.6 Å². The van der Waals surface area contributed by atoms with Gasteiger partial charge in [-0.3, -0.25) is 4.79 Å². The van der Waals surface area contributed by atoms with Crippen LogP contribution in [0.5, 0.6) is 11.5 Å². The molecule has 3 aromatic rings. The number of anilines is 1. The molecule has 34 heavy (non-hydrogen) atoms. The number of likely N-dealkylation sites (tertiary alicyclic amines) is 1. The number of rotatable bonds is 6. The van der Waals surface area contributed by atoms with E-state index in [1.807, 2.05) is 10.6 Å². The third-order valence-electron chi connectivity index (χ3n) is 5.97. The molecule has 4 rings (SSSR count). The first-order chi connectivity index (χ1) is 16.3. The highest BCUT2D eigenvalue weighted by molar-refractivity contribution is 7.99. The lowest BCUT2D eigenvalue weighted by molar-refractivity contribution is -0.140. The summed E-state index contributed by atoms with van der Waals surface area (Å²) in [5, 5.41) is 39.2. The summed E-state index contributed by atoms with van der Waals surface area (Å²) in [5.41, 5.74) is 7.24. The quantitative estimate of drug-likeness (QED) is 0.379. The summed E-state index contributed by atoms with van der Waals surface area (Å²) in [6.45, 7) is 3.27. The van der Waals surface area contributed by atoms with E-state index in [0.717, 1.165) is 19.3 Å². The highest BCUT2D eigenvalue weighted by Gasteiger charge is 2.26. The Morgan fingerprint density at radius 1 is 1.29 bits per heavy atom. The van der Waals surface area contributed by atoms with E-state index < -0.39 is 6.10 Å². The predicted octanol–water partition coefficient (Wildman–Crippen LogP) is 1.85. The topological polar surface area (TPSA) is 174 Å². The number of aromatic nitrogens is 4. The number of aliphatic hydroxyl groups is 1. The van der Waals surface area contributed by atoms with Crippen LogP contribution in [0, 0.1) is 17.2 Å². The fraction of sp³-hybridized carbons (Fsp3) is 0.409. The molecule has 1 aliphatic rings. The molecule has 0 spiro atoms. The third-order valence-corrected chi connectivity index (χ3v) is 7.02. The second-order valence-corrected chi connectivity index (χ2v) is 9.27. The van der Waals surface area contributed by atoms with Crippen LogP contribution in [0.3, 0.4) is 0 Å². The number of carbonyl (C=O) groups is 1. The fourth-order valence-corrected chi connectivity index (χ4v) is 5.07. The molecule has 178 valence electrons. The second-order valence-electron chi connectivity index (χ2n) is 8.26. The van der Waals surface area contributed by atoms with Gasteiger partial charge in [-0.15, -0.1) is 0 Å². The number of nitrogens with two attached hydrogens (primary N) is 1. The fourth-order valence-electron chi connectivity index (χ4n) is 4.06. The Morgan fingerprint density at radius 2 is 2.00 bits per heavy atom. The molecule has 5 N–H and O–H groups in total. The van der Waals surface area contributed by atoms with Gasteiger partial charge in [0.05, 0.1) is 5.56 Å². The van der Waals surface area contributed by atoms with Gasteiger partial charge in [0.2, 0.25) is 0 Å². The minimum Gasteiger partial charge on any atom is -0.504 e. The number of aliphatic hydroxyl groups excluding tert-OH is 1. The summed E-state index contributed by atoms with van der Waals surface area (Å²) in [5.74, 6) is -0.327. The summed E-state index contributed by atoms with van der Waals surface area (Å²) < 4.78 is 1.91. The Balaban J connectivity index is 1.57. The monoisotopic (exact) mass is 483 g/mol. The van der Waals surface area contributed by atoms with Crippen LogP contribution < -0.4 is 5.73 Å². The average molecular weight is 484 g/mol. The first-order valence-electron chi connectivity index (χ1n) is 10.9. The highest BCUT2D eigenvalue weighted by atomic mass is 32.2. The van der Waals surface area contributed by atoms with E-state index >= 15 is 0 Å². The molecule has 1 aliphatic heterocycles. The number of benzene rings is 1. The molecule has 0 radical (unpaired) electrons. The Hall–Kier alpha value is -3.56. The summed E-state index contributed by atoms with van der Waals surface area (Å²) in [6.07, 6.45) is 2.85. The maximum atomic E-state index is 12.0. The number of phenolic OH excluding ortho intramolecular Hbond substituents is 2. The Bertz CT molecular complexity index is 1260. The number of nitriles is 1. The first-order valence-corrected chi connectivity index (χ1v) is 11.7. The molecule has 1 atom stereocenters. The summed E-state index contributed by atoms with van der Waals surface area (Å²) >= 11 is 1.17. The SMILES string of the molecule is C[C@H](O)C(=O)N1CCC(CCn2c(Sc3cc(O)c(O)cc3C#N)nc3c(N)ncnc32)CC1. The lowest BCUT2D eigenvalue weighted by Gasteiger charge is -2.32. The highest BCUT2D eigenvalue weighted by Crippen LogP contribution is 2.38. The number of phenols is 2. The molecule has 0 unspecified atom stereocenters. The van der Waals surface area contributed by atoms with E-state index in [1.165, 1.54) is 37.1 Å². The Morgan fingerprint density at radius 3 is 2.68 bits per heavy atom.